The zero-order chi connectivity index (χ0) is 102. The van der Waals surface area contributed by atoms with Crippen molar-refractivity contribution in [2.45, 2.75) is 192 Å². The minimum atomic E-state index is -4.59. The summed E-state index contributed by atoms with van der Waals surface area (Å²) in [7, 11) is 1.50. The molecule has 6 heterocycles. The highest BCUT2D eigenvalue weighted by Crippen LogP contribution is 2.57. The summed E-state index contributed by atoms with van der Waals surface area (Å²) in [5, 5.41) is 78.2. The highest BCUT2D eigenvalue weighted by Gasteiger charge is 2.54. The first-order valence-corrected chi connectivity index (χ1v) is 44.1. The van der Waals surface area contributed by atoms with Gasteiger partial charge in [0.1, 0.15) is 13.2 Å². The van der Waals surface area contributed by atoms with Crippen molar-refractivity contribution in [3.63, 3.8) is 0 Å². The van der Waals surface area contributed by atoms with Crippen LogP contribution in [0.5, 0.6) is 0 Å². The van der Waals surface area contributed by atoms with Gasteiger partial charge in [0.15, 0.2) is 47.6 Å². The molecule has 0 fully saturated rings. The summed E-state index contributed by atoms with van der Waals surface area (Å²) in [6, 6.07) is 24.5. The quantitative estimate of drug-likeness (QED) is 0.0295. The Balaban J connectivity index is 0.000000175. The van der Waals surface area contributed by atoms with E-state index in [0.717, 1.165) is 72.8 Å². The molecule has 0 aromatic heterocycles. The van der Waals surface area contributed by atoms with Gasteiger partial charge in [-0.25, -0.2) is 0 Å². The lowest BCUT2D eigenvalue weighted by atomic mass is 9.77. The van der Waals surface area contributed by atoms with Crippen molar-refractivity contribution >= 4 is 68.6 Å². The van der Waals surface area contributed by atoms with Gasteiger partial charge in [-0.15, -0.1) is 0 Å². The van der Waals surface area contributed by atoms with Crippen molar-refractivity contribution < 1.29 is 137 Å². The average molecular weight is 1930 g/mol. The number of Topliss-reactive ketones (excluding diaryl/α,β-unsaturated/α-hetero) is 3. The van der Waals surface area contributed by atoms with E-state index >= 15 is 0 Å². The average Bonchev–Trinajstić information content (AvgIpc) is 1.74. The molecule has 730 valence electrons. The molecule has 138 heavy (non-hydrogen) atoms. The van der Waals surface area contributed by atoms with Gasteiger partial charge in [0.05, 0.1) is 75.0 Å². The van der Waals surface area contributed by atoms with E-state index in [9.17, 15) is 119 Å². The molecule has 6 aliphatic heterocycles. The molecule has 35 heteroatoms. The summed E-state index contributed by atoms with van der Waals surface area (Å²) in [6.07, 6.45) is -17.9. The fourth-order valence-electron chi connectivity index (χ4n) is 19.6. The number of aliphatic hydroxyl groups is 2. The fraction of sp³-hybridized carbons (Fsp3) is 0.398. The van der Waals surface area contributed by atoms with E-state index in [1.807, 2.05) is 30.6 Å². The fourth-order valence-corrected chi connectivity index (χ4v) is 19.6. The van der Waals surface area contributed by atoms with Crippen LogP contribution in [0.4, 0.5) is 113 Å². The molecule has 17 nitrogen and oxygen atoms in total. The summed E-state index contributed by atoms with van der Waals surface area (Å²) in [6.45, 7) is 25.2. The van der Waals surface area contributed by atoms with Crippen LogP contribution < -0.4 is 30.0 Å². The molecule has 0 spiro atoms. The van der Waals surface area contributed by atoms with Gasteiger partial charge in [-0.1, -0.05) is 72.7 Å². The van der Waals surface area contributed by atoms with Crippen LogP contribution in [0.3, 0.4) is 0 Å². The van der Waals surface area contributed by atoms with Gasteiger partial charge in [0.2, 0.25) is 17.1 Å². The smallest absolute Gasteiger partial charge is 0.416 e. The number of allylic oxidation sites excluding steroid dienone is 15. The predicted octanol–water partition coefficient (Wildman–Crippen LogP) is 19.6. The summed E-state index contributed by atoms with van der Waals surface area (Å²) in [4.78, 5) is 45.7. The predicted molar refractivity (Wildman–Crippen MR) is 473 cm³/mol. The third kappa shape index (κ3) is 18.4. The summed E-state index contributed by atoms with van der Waals surface area (Å²) in [5.74, 6) is -3.42. The maximum Gasteiger partial charge on any atom is 0.416 e. The number of β-amino-alcohol motifs (C(OH)–C–C–N with tert-alkyl or cyclic N) is 2. The van der Waals surface area contributed by atoms with Crippen LogP contribution >= 0.6 is 0 Å². The van der Waals surface area contributed by atoms with E-state index in [-0.39, 0.29) is 105 Å². The number of rotatable bonds is 21. The standard InChI is InChI=1S/C36H32F6N4O2.C35H36F6N2O3.C32H30F6N2O4/c1-33(2)25-17-21(35(37,38)39)9-11-27(25)45(15-7-5-13-43)29(33)19-23-31(47)24(32(23)48)20-30-34(3,4)26-18-22(36(40,41)42)10-12-28(26)46(30)16-8-6-14-44;1-19(2)18-43-27-11-9-21(35(39,40)41)15-25(27)33(5,6)29(43)17-23-30(44)22(31(23)45)16-28-32(3,4)24-14-20(34(36,37)38)8-10-26(24)42(28)12-13-46-7;1-29(2)21-13-17(31(33,34)35)5-7-23(21)39(9-11-41)25(29)15-19-27(43)20(28(19)44)16-26-30(3,4)22-14-18(32(36,37)38)6-8-24(22)40(26)10-12-42/h9-12,17-20H,5-8,15-16H2,1-4H3;8-11,14-17,19H,12-13,18H2,1-7H3;5-8,13-16,41-42H,9-12H2,1-4H3. The molecule has 0 amide bonds. The molecule has 3 aliphatic carbocycles. The number of nitriles is 2. The first kappa shape index (κ1) is 103. The van der Waals surface area contributed by atoms with Crippen molar-refractivity contribution in [2.24, 2.45) is 5.92 Å². The zero-order valence-corrected chi connectivity index (χ0v) is 77.8. The van der Waals surface area contributed by atoms with Gasteiger partial charge >= 0.3 is 37.1 Å². The van der Waals surface area contributed by atoms with Crippen molar-refractivity contribution in [3.8, 4) is 12.1 Å². The van der Waals surface area contributed by atoms with Gasteiger partial charge < -0.3 is 45.0 Å². The Hall–Kier alpha value is -12.6. The number of ketones is 3. The number of nitrogens with zero attached hydrogens (tertiary/aromatic N) is 8. The largest absolute Gasteiger partial charge is 0.871 e. The Kier molecular flexibility index (Phi) is 27.0. The van der Waals surface area contributed by atoms with Crippen molar-refractivity contribution in [1.82, 2.24) is 0 Å². The number of benzene rings is 6. The number of alkyl halides is 18. The molecule has 6 aromatic rings. The van der Waals surface area contributed by atoms with Crippen LogP contribution in [0.2, 0.25) is 0 Å². The van der Waals surface area contributed by atoms with Gasteiger partial charge in [-0.2, -0.15) is 103 Å². The molecular weight excluding hydrogens is 1840 g/mol. The second-order valence-corrected chi connectivity index (χ2v) is 38.5. The van der Waals surface area contributed by atoms with Gasteiger partial charge in [0.25, 0.3) is 0 Å². The topological polar surface area (TPSA) is 236 Å². The Morgan fingerprint density at radius 1 is 0.377 bits per heavy atom. The van der Waals surface area contributed by atoms with Crippen LogP contribution in [-0.2, 0) is 88.7 Å². The lowest BCUT2D eigenvalue weighted by Gasteiger charge is -2.33. The normalized spacial score (nSPS) is 20.5. The monoisotopic (exact) mass is 1930 g/mol. The van der Waals surface area contributed by atoms with E-state index in [4.69, 9.17) is 15.3 Å². The van der Waals surface area contributed by atoms with Crippen LogP contribution in [-0.4, -0.2) is 125 Å². The Labute approximate surface area is 784 Å². The molecule has 0 unspecified atom stereocenters. The number of carbonyl (C=O) groups excluding carboxylic acids is 3. The van der Waals surface area contributed by atoms with E-state index in [2.05, 4.69) is 0 Å². The molecule has 0 bridgehead atoms. The van der Waals surface area contributed by atoms with E-state index < -0.39 is 138 Å². The molecule has 0 saturated carbocycles. The van der Waals surface area contributed by atoms with E-state index in [1.165, 1.54) is 80.0 Å². The van der Waals surface area contributed by atoms with Crippen LogP contribution in [0.25, 0.3) is 0 Å². The van der Waals surface area contributed by atoms with Crippen LogP contribution in [0, 0.1) is 28.6 Å². The minimum absolute atomic E-state index is 0.00634. The number of ether oxygens (including phenoxy) is 1. The first-order valence-electron chi connectivity index (χ1n) is 44.1. The highest BCUT2D eigenvalue weighted by atomic mass is 19.4. The second kappa shape index (κ2) is 36.3. The molecule has 0 atom stereocenters. The summed E-state index contributed by atoms with van der Waals surface area (Å²) in [5.41, 5.74) is -4.25. The lowest BCUT2D eigenvalue weighted by molar-refractivity contribution is -0.445. The SMILES string of the molecule is CC1(C)C(C=C2C(=O)C(/C=C3\N(CCCC#N)c4ccc(C(F)(F)F)cc4C3(C)C)=C2[O-])=[N+](CCCC#N)c2ccc(C(F)(F)F)cc21.CC1(C)C(C=C2C(=O)C(/C=C3\N(CCO)c4ccc(C(F)(F)F)cc4C3(C)C)=C2[O-])=[N+](CCO)c2ccc(C(F)(F)F)cc21.COCCN1C(=CC2=C([O-])C(=CC3=[N+](CC(C)C)c4ccc(C(F)(F)F)cc4C3(C)C)C2=O)C(C)(C)c2cc(C(F)(F)F)ccc21. The molecule has 15 rings (SSSR count). The lowest BCUT2D eigenvalue weighted by Crippen LogP contribution is -2.35. The number of aliphatic hydroxyl groups excluding tert-OH is 2. The first-order chi connectivity index (χ1) is 63.9. The Bertz CT molecular complexity index is 6580. The second-order valence-electron chi connectivity index (χ2n) is 38.5. The molecule has 0 saturated heterocycles. The number of carbonyl (C=O) groups is 3. The molecule has 6 aromatic carbocycles. The van der Waals surface area contributed by atoms with E-state index in [0.29, 0.717) is 121 Å². The maximum atomic E-state index is 13.6. The number of unbranched alkanes of at least 4 members (excludes halogenated alkanes) is 2. The number of methoxy groups -OCH3 is 1. The number of fused-ring (bicyclic) bond motifs is 6. The van der Waals surface area contributed by atoms with Gasteiger partial charge in [-0.3, -0.25) is 14.4 Å². The third-order valence-electron chi connectivity index (χ3n) is 27.0. The maximum absolute atomic E-state index is 13.6. The van der Waals surface area contributed by atoms with Crippen molar-refractivity contribution in [3.05, 3.63) is 280 Å². The molecular formula is C103H98F18N8O9. The van der Waals surface area contributed by atoms with Crippen LogP contribution in [0.1, 0.15) is 189 Å². The van der Waals surface area contributed by atoms with Gasteiger partial charge in [0, 0.05) is 189 Å². The molecule has 0 radical (unpaired) electrons. The summed E-state index contributed by atoms with van der Waals surface area (Å²) < 4.78 is 255. The van der Waals surface area contributed by atoms with Crippen molar-refractivity contribution in [1.29, 1.82) is 10.5 Å². The highest BCUT2D eigenvalue weighted by molar-refractivity contribution is 6.26. The van der Waals surface area contributed by atoms with Crippen molar-refractivity contribution in [2.75, 3.05) is 80.9 Å². The van der Waals surface area contributed by atoms with E-state index in [1.54, 1.807) is 107 Å². The number of hydrogen-bond acceptors (Lipinski definition) is 14. The third-order valence-corrected chi connectivity index (χ3v) is 27.0. The molecule has 2 N–H and O–H groups in total. The molecule has 9 aliphatic rings. The number of anilines is 3. The number of hydrogen-bond donors (Lipinski definition) is 2. The van der Waals surface area contributed by atoms with Crippen LogP contribution in [0.15, 0.2) is 213 Å². The summed E-state index contributed by atoms with van der Waals surface area (Å²) >= 11 is 0. The Morgan fingerprint density at radius 3 is 0.935 bits per heavy atom. The number of halogens is 18. The Morgan fingerprint density at radius 2 is 0.652 bits per heavy atom. The van der Waals surface area contributed by atoms with Gasteiger partial charge in [-0.05, 0) is 174 Å². The minimum Gasteiger partial charge on any atom is -0.871 e. The zero-order valence-electron chi connectivity index (χ0n) is 77.8.